The predicted molar refractivity (Wildman–Crippen MR) is 126 cm³/mol. The second kappa shape index (κ2) is 10.3. The number of ether oxygens (including phenoxy) is 1. The summed E-state index contributed by atoms with van der Waals surface area (Å²) < 4.78 is 43.3. The summed E-state index contributed by atoms with van der Waals surface area (Å²) in [5, 5.41) is 5.90. The van der Waals surface area contributed by atoms with Gasteiger partial charge in [-0.3, -0.25) is 4.79 Å². The van der Waals surface area contributed by atoms with E-state index in [1.807, 2.05) is 26.0 Å². The maximum absolute atomic E-state index is 12.8. The number of esters is 1. The Labute approximate surface area is 199 Å². The van der Waals surface area contributed by atoms with Crippen LogP contribution in [0.15, 0.2) is 54.7 Å². The summed E-state index contributed by atoms with van der Waals surface area (Å²) in [7, 11) is 1.37. The SMILES string of the molecule is COC(=O)C(C)(C)CCc1ncc(-c2ccc(NC(=O)Nc3cccc(C(F)(F)F)c3)cc2)s1. The number of thiazole rings is 1. The van der Waals surface area contributed by atoms with E-state index in [-0.39, 0.29) is 11.7 Å². The van der Waals surface area contributed by atoms with Gasteiger partial charge in [-0.15, -0.1) is 11.3 Å². The number of aryl methyl sites for hydroxylation is 1. The fraction of sp³-hybridized carbons (Fsp3) is 0.292. The molecule has 2 aromatic carbocycles. The van der Waals surface area contributed by atoms with Gasteiger partial charge in [0.05, 0.1) is 28.0 Å². The van der Waals surface area contributed by atoms with Gasteiger partial charge in [-0.1, -0.05) is 18.2 Å². The van der Waals surface area contributed by atoms with Gasteiger partial charge >= 0.3 is 18.2 Å². The Balaban J connectivity index is 1.58. The zero-order valence-electron chi connectivity index (χ0n) is 18.8. The first-order valence-corrected chi connectivity index (χ1v) is 11.2. The van der Waals surface area contributed by atoms with Crippen molar-refractivity contribution >= 4 is 34.7 Å². The summed E-state index contributed by atoms with van der Waals surface area (Å²) in [5.74, 6) is -0.260. The summed E-state index contributed by atoms with van der Waals surface area (Å²) >= 11 is 1.52. The zero-order chi connectivity index (χ0) is 24.9. The van der Waals surface area contributed by atoms with E-state index in [2.05, 4.69) is 15.6 Å². The van der Waals surface area contributed by atoms with E-state index in [9.17, 15) is 22.8 Å². The van der Waals surface area contributed by atoms with Crippen molar-refractivity contribution < 1.29 is 27.5 Å². The molecule has 3 rings (SSSR count). The van der Waals surface area contributed by atoms with Crippen LogP contribution >= 0.6 is 11.3 Å². The van der Waals surface area contributed by atoms with Crippen LogP contribution in [-0.2, 0) is 22.1 Å². The van der Waals surface area contributed by atoms with Gasteiger partial charge in [0.15, 0.2) is 0 Å². The van der Waals surface area contributed by atoms with Crippen molar-refractivity contribution in [2.24, 2.45) is 5.41 Å². The van der Waals surface area contributed by atoms with E-state index in [1.54, 1.807) is 18.3 Å². The van der Waals surface area contributed by atoms with Crippen LogP contribution < -0.4 is 10.6 Å². The smallest absolute Gasteiger partial charge is 0.416 e. The molecule has 0 spiro atoms. The monoisotopic (exact) mass is 491 g/mol. The highest BCUT2D eigenvalue weighted by atomic mass is 32.1. The molecule has 1 heterocycles. The van der Waals surface area contributed by atoms with Crippen LogP contribution in [0.3, 0.4) is 0 Å². The Kier molecular flexibility index (Phi) is 7.61. The third-order valence-corrected chi connectivity index (χ3v) is 6.24. The first-order chi connectivity index (χ1) is 16.0. The van der Waals surface area contributed by atoms with E-state index in [0.717, 1.165) is 27.6 Å². The number of alkyl halides is 3. The minimum atomic E-state index is -4.49. The maximum Gasteiger partial charge on any atom is 0.416 e. The summed E-state index contributed by atoms with van der Waals surface area (Å²) in [6.07, 6.45) is -1.48. The molecule has 0 saturated heterocycles. The Hall–Kier alpha value is -3.40. The van der Waals surface area contributed by atoms with Gasteiger partial charge in [-0.05, 0) is 56.2 Å². The molecule has 180 valence electrons. The molecule has 0 unspecified atom stereocenters. The molecule has 0 radical (unpaired) electrons. The average molecular weight is 492 g/mol. The lowest BCUT2D eigenvalue weighted by atomic mass is 9.88. The van der Waals surface area contributed by atoms with Crippen molar-refractivity contribution in [3.05, 3.63) is 65.3 Å². The fourth-order valence-electron chi connectivity index (χ4n) is 3.14. The number of rotatable bonds is 7. The number of methoxy groups -OCH3 is 1. The lowest BCUT2D eigenvalue weighted by Gasteiger charge is -2.20. The third-order valence-electron chi connectivity index (χ3n) is 5.13. The number of carbonyl (C=O) groups is 2. The summed E-state index contributed by atoms with van der Waals surface area (Å²) in [5.41, 5.74) is -0.00993. The number of halogens is 3. The number of hydrogen-bond acceptors (Lipinski definition) is 5. The molecule has 2 amide bonds. The van der Waals surface area contributed by atoms with E-state index in [0.29, 0.717) is 18.5 Å². The molecular weight excluding hydrogens is 467 g/mol. The van der Waals surface area contributed by atoms with Gasteiger partial charge in [0.1, 0.15) is 0 Å². The Bertz CT molecular complexity index is 1160. The molecule has 0 aliphatic rings. The lowest BCUT2D eigenvalue weighted by molar-refractivity contribution is -0.151. The Morgan fingerprint density at radius 1 is 1.03 bits per heavy atom. The fourth-order valence-corrected chi connectivity index (χ4v) is 4.06. The number of amides is 2. The lowest BCUT2D eigenvalue weighted by Crippen LogP contribution is -2.26. The van der Waals surface area contributed by atoms with Crippen molar-refractivity contribution in [2.75, 3.05) is 17.7 Å². The van der Waals surface area contributed by atoms with Crippen molar-refractivity contribution in [3.8, 4) is 10.4 Å². The van der Waals surface area contributed by atoms with Crippen LogP contribution in [0.4, 0.5) is 29.3 Å². The van der Waals surface area contributed by atoms with Crippen LogP contribution in [0, 0.1) is 5.41 Å². The molecule has 34 heavy (non-hydrogen) atoms. The van der Waals surface area contributed by atoms with E-state index in [4.69, 9.17) is 4.74 Å². The summed E-state index contributed by atoms with van der Waals surface area (Å²) in [4.78, 5) is 29.4. The molecule has 0 aliphatic carbocycles. The standard InChI is InChI=1S/C24H24F3N3O3S/c1-23(2,21(31)33-3)12-11-20-28-14-19(34-20)15-7-9-17(10-8-15)29-22(32)30-18-6-4-5-16(13-18)24(25,26)27/h4-10,13-14H,11-12H2,1-3H3,(H2,29,30,32). The van der Waals surface area contributed by atoms with Crippen molar-refractivity contribution in [1.82, 2.24) is 4.98 Å². The molecule has 0 atom stereocenters. The highest BCUT2D eigenvalue weighted by Gasteiger charge is 2.30. The number of nitrogens with one attached hydrogen (secondary N) is 2. The average Bonchev–Trinajstić information content (AvgIpc) is 3.26. The topological polar surface area (TPSA) is 80.3 Å². The molecule has 1 aromatic heterocycles. The van der Waals surface area contributed by atoms with E-state index < -0.39 is 23.2 Å². The van der Waals surface area contributed by atoms with Crippen molar-refractivity contribution in [3.63, 3.8) is 0 Å². The number of carbonyl (C=O) groups excluding carboxylic acids is 2. The number of urea groups is 1. The first kappa shape index (κ1) is 25.2. The largest absolute Gasteiger partial charge is 0.469 e. The van der Waals surface area contributed by atoms with Gasteiger partial charge in [-0.25, -0.2) is 9.78 Å². The Morgan fingerprint density at radius 2 is 1.71 bits per heavy atom. The van der Waals surface area contributed by atoms with Crippen LogP contribution in [0.2, 0.25) is 0 Å². The van der Waals surface area contributed by atoms with Gasteiger partial charge in [0, 0.05) is 24.0 Å². The normalized spacial score (nSPS) is 11.7. The minimum Gasteiger partial charge on any atom is -0.469 e. The van der Waals surface area contributed by atoms with E-state index in [1.165, 1.54) is 30.6 Å². The van der Waals surface area contributed by atoms with Crippen LogP contribution in [0.1, 0.15) is 30.8 Å². The van der Waals surface area contributed by atoms with Gasteiger partial charge in [0.25, 0.3) is 0 Å². The molecule has 0 aliphatic heterocycles. The van der Waals surface area contributed by atoms with Crippen LogP contribution in [0.25, 0.3) is 10.4 Å². The van der Waals surface area contributed by atoms with Crippen LogP contribution in [0.5, 0.6) is 0 Å². The maximum atomic E-state index is 12.8. The number of nitrogens with zero attached hydrogens (tertiary/aromatic N) is 1. The van der Waals surface area contributed by atoms with Crippen molar-refractivity contribution in [2.45, 2.75) is 32.9 Å². The number of benzene rings is 2. The molecule has 6 nitrogen and oxygen atoms in total. The molecule has 0 bridgehead atoms. The predicted octanol–water partition coefficient (Wildman–Crippen LogP) is 6.60. The number of aromatic nitrogens is 1. The first-order valence-electron chi connectivity index (χ1n) is 10.4. The molecular formula is C24H24F3N3O3S. The Morgan fingerprint density at radius 3 is 2.35 bits per heavy atom. The summed E-state index contributed by atoms with van der Waals surface area (Å²) in [6.45, 7) is 3.67. The van der Waals surface area contributed by atoms with Gasteiger partial charge < -0.3 is 15.4 Å². The second-order valence-corrected chi connectivity index (χ2v) is 9.34. The van der Waals surface area contributed by atoms with Gasteiger partial charge in [-0.2, -0.15) is 13.2 Å². The van der Waals surface area contributed by atoms with Gasteiger partial charge in [0.2, 0.25) is 0 Å². The van der Waals surface area contributed by atoms with E-state index >= 15 is 0 Å². The highest BCUT2D eigenvalue weighted by molar-refractivity contribution is 7.15. The summed E-state index contributed by atoms with van der Waals surface area (Å²) in [6, 6.07) is 10.8. The third kappa shape index (κ3) is 6.57. The van der Waals surface area contributed by atoms with Crippen molar-refractivity contribution in [1.29, 1.82) is 0 Å². The molecule has 0 saturated carbocycles. The number of anilines is 2. The number of hydrogen-bond donors (Lipinski definition) is 2. The molecule has 10 heteroatoms. The molecule has 0 fully saturated rings. The molecule has 3 aromatic rings. The zero-order valence-corrected chi connectivity index (χ0v) is 19.6. The molecule has 2 N–H and O–H groups in total. The highest BCUT2D eigenvalue weighted by Crippen LogP contribution is 2.32. The quantitative estimate of drug-likeness (QED) is 0.365. The minimum absolute atomic E-state index is 0.0384. The second-order valence-electron chi connectivity index (χ2n) is 8.23. The van der Waals surface area contributed by atoms with Crippen LogP contribution in [-0.4, -0.2) is 24.1 Å².